The van der Waals surface area contributed by atoms with Crippen molar-refractivity contribution in [3.05, 3.63) is 41.7 Å². The summed E-state index contributed by atoms with van der Waals surface area (Å²) >= 11 is 0. The molecule has 1 aromatic carbocycles. The molecule has 1 aliphatic rings. The predicted molar refractivity (Wildman–Crippen MR) is 84.2 cm³/mol. The first-order chi connectivity index (χ1) is 11.1. The second-order valence-electron chi connectivity index (χ2n) is 5.57. The first-order valence-electron chi connectivity index (χ1n) is 7.73. The predicted octanol–water partition coefficient (Wildman–Crippen LogP) is 0.974. The molecule has 23 heavy (non-hydrogen) atoms. The fourth-order valence-electron chi connectivity index (χ4n) is 2.57. The summed E-state index contributed by atoms with van der Waals surface area (Å²) in [5.74, 6) is -0.504. The molecule has 0 aliphatic carbocycles. The lowest BCUT2D eigenvalue weighted by molar-refractivity contribution is -0.122. The van der Waals surface area contributed by atoms with Crippen LogP contribution in [0.4, 0.5) is 0 Å². The highest BCUT2D eigenvalue weighted by Gasteiger charge is 2.25. The summed E-state index contributed by atoms with van der Waals surface area (Å²) in [5.41, 5.74) is 1.55. The van der Waals surface area contributed by atoms with Gasteiger partial charge in [-0.05, 0) is 38.3 Å². The Balaban J connectivity index is 1.77. The molecular weight excluding hydrogens is 294 g/mol. The van der Waals surface area contributed by atoms with E-state index in [4.69, 9.17) is 0 Å². The summed E-state index contributed by atoms with van der Waals surface area (Å²) in [7, 11) is 0. The van der Waals surface area contributed by atoms with E-state index in [0.717, 1.165) is 18.5 Å². The van der Waals surface area contributed by atoms with Gasteiger partial charge < -0.3 is 10.6 Å². The standard InChI is InChI=1S/C16H19N5O2/c1-11-14(20-21(19-11)12-7-3-2-4-8-12)16(23)18-13-9-5-6-10-17-15(13)22/h2-4,7-8,13H,5-6,9-10H2,1H3,(H,17,22)(H,18,23)/t13-/m1/s1. The van der Waals surface area contributed by atoms with E-state index >= 15 is 0 Å². The average Bonchev–Trinajstić information content (AvgIpc) is 2.84. The minimum absolute atomic E-state index is 0.135. The van der Waals surface area contributed by atoms with Crippen LogP contribution in [0.5, 0.6) is 0 Å². The maximum atomic E-state index is 12.4. The van der Waals surface area contributed by atoms with Crippen LogP contribution in [0.25, 0.3) is 5.69 Å². The molecule has 1 aliphatic heterocycles. The Morgan fingerprint density at radius 3 is 2.83 bits per heavy atom. The molecule has 0 unspecified atom stereocenters. The van der Waals surface area contributed by atoms with Crippen LogP contribution in [-0.4, -0.2) is 39.4 Å². The van der Waals surface area contributed by atoms with Crippen molar-refractivity contribution in [3.8, 4) is 5.69 Å². The number of carbonyl (C=O) groups excluding carboxylic acids is 2. The van der Waals surface area contributed by atoms with Gasteiger partial charge in [0.05, 0.1) is 11.4 Å². The number of benzene rings is 1. The number of carbonyl (C=O) groups is 2. The average molecular weight is 313 g/mol. The quantitative estimate of drug-likeness (QED) is 0.884. The van der Waals surface area contributed by atoms with E-state index in [-0.39, 0.29) is 17.5 Å². The number of amides is 2. The van der Waals surface area contributed by atoms with Gasteiger partial charge in [0.2, 0.25) is 5.91 Å². The normalized spacial score (nSPS) is 18.1. The molecule has 1 saturated heterocycles. The molecule has 1 aromatic heterocycles. The molecule has 2 N–H and O–H groups in total. The number of rotatable bonds is 3. The summed E-state index contributed by atoms with van der Waals surface area (Å²) in [5, 5.41) is 14.1. The molecule has 1 atom stereocenters. The van der Waals surface area contributed by atoms with Gasteiger partial charge in [-0.3, -0.25) is 9.59 Å². The van der Waals surface area contributed by atoms with Crippen LogP contribution < -0.4 is 10.6 Å². The monoisotopic (exact) mass is 313 g/mol. The smallest absolute Gasteiger partial charge is 0.274 e. The van der Waals surface area contributed by atoms with Gasteiger partial charge in [-0.25, -0.2) is 0 Å². The van der Waals surface area contributed by atoms with E-state index in [0.29, 0.717) is 18.7 Å². The minimum atomic E-state index is -0.508. The van der Waals surface area contributed by atoms with Crippen molar-refractivity contribution < 1.29 is 9.59 Å². The second kappa shape index (κ2) is 6.60. The third-order valence-corrected chi connectivity index (χ3v) is 3.82. The Hall–Kier alpha value is -2.70. The van der Waals surface area contributed by atoms with Crippen LogP contribution >= 0.6 is 0 Å². The molecule has 0 saturated carbocycles. The van der Waals surface area contributed by atoms with E-state index in [1.807, 2.05) is 30.3 Å². The lowest BCUT2D eigenvalue weighted by Crippen LogP contribution is -2.45. The van der Waals surface area contributed by atoms with Crippen molar-refractivity contribution in [1.29, 1.82) is 0 Å². The van der Waals surface area contributed by atoms with E-state index in [1.165, 1.54) is 4.80 Å². The van der Waals surface area contributed by atoms with Crippen LogP contribution in [0.3, 0.4) is 0 Å². The largest absolute Gasteiger partial charge is 0.354 e. The summed E-state index contributed by atoms with van der Waals surface area (Å²) in [6.07, 6.45) is 2.48. The number of para-hydroxylation sites is 1. The number of hydrogen-bond acceptors (Lipinski definition) is 4. The Bertz CT molecular complexity index is 711. The van der Waals surface area contributed by atoms with Crippen LogP contribution in [0.1, 0.15) is 35.4 Å². The maximum absolute atomic E-state index is 12.4. The van der Waals surface area contributed by atoms with Gasteiger partial charge in [0, 0.05) is 6.54 Å². The van der Waals surface area contributed by atoms with Crippen molar-refractivity contribution in [2.24, 2.45) is 0 Å². The molecule has 7 nitrogen and oxygen atoms in total. The lowest BCUT2D eigenvalue weighted by atomic mass is 10.1. The first kappa shape index (κ1) is 15.2. The Morgan fingerprint density at radius 2 is 2.04 bits per heavy atom. The van der Waals surface area contributed by atoms with Crippen LogP contribution in [-0.2, 0) is 4.79 Å². The SMILES string of the molecule is Cc1nn(-c2ccccc2)nc1C(=O)N[C@@H]1CCCCNC1=O. The van der Waals surface area contributed by atoms with Gasteiger partial charge in [-0.1, -0.05) is 18.2 Å². The molecule has 7 heteroatoms. The zero-order valence-corrected chi connectivity index (χ0v) is 13.0. The molecule has 0 radical (unpaired) electrons. The number of nitrogens with one attached hydrogen (secondary N) is 2. The third kappa shape index (κ3) is 3.39. The molecule has 2 heterocycles. The van der Waals surface area contributed by atoms with Crippen LogP contribution in [0.2, 0.25) is 0 Å². The number of hydrogen-bond donors (Lipinski definition) is 2. The molecule has 3 rings (SSSR count). The number of aryl methyl sites for hydroxylation is 1. The highest BCUT2D eigenvalue weighted by molar-refractivity contribution is 5.96. The maximum Gasteiger partial charge on any atom is 0.274 e. The Labute approximate surface area is 134 Å². The van der Waals surface area contributed by atoms with E-state index in [9.17, 15) is 9.59 Å². The Kier molecular flexibility index (Phi) is 4.36. The molecule has 1 fully saturated rings. The van der Waals surface area contributed by atoms with Crippen LogP contribution in [0.15, 0.2) is 30.3 Å². The molecule has 2 amide bonds. The second-order valence-corrected chi connectivity index (χ2v) is 5.57. The van der Waals surface area contributed by atoms with Gasteiger partial charge in [-0.2, -0.15) is 9.90 Å². The molecule has 0 bridgehead atoms. The van der Waals surface area contributed by atoms with E-state index in [1.54, 1.807) is 6.92 Å². The third-order valence-electron chi connectivity index (χ3n) is 3.82. The van der Waals surface area contributed by atoms with Crippen molar-refractivity contribution in [1.82, 2.24) is 25.6 Å². The summed E-state index contributed by atoms with van der Waals surface area (Å²) in [4.78, 5) is 25.8. The van der Waals surface area contributed by atoms with E-state index in [2.05, 4.69) is 20.8 Å². The van der Waals surface area contributed by atoms with Crippen molar-refractivity contribution in [2.75, 3.05) is 6.54 Å². The van der Waals surface area contributed by atoms with Crippen LogP contribution in [0, 0.1) is 6.92 Å². The fraction of sp³-hybridized carbons (Fsp3) is 0.375. The zero-order valence-electron chi connectivity index (χ0n) is 13.0. The van der Waals surface area contributed by atoms with Gasteiger partial charge in [0.25, 0.3) is 5.91 Å². The van der Waals surface area contributed by atoms with Crippen molar-refractivity contribution >= 4 is 11.8 Å². The number of nitrogens with zero attached hydrogens (tertiary/aromatic N) is 3. The van der Waals surface area contributed by atoms with Gasteiger partial charge in [0.15, 0.2) is 5.69 Å². The van der Waals surface area contributed by atoms with Crippen molar-refractivity contribution in [2.45, 2.75) is 32.2 Å². The van der Waals surface area contributed by atoms with Gasteiger partial charge in [-0.15, -0.1) is 5.10 Å². The molecule has 0 spiro atoms. The lowest BCUT2D eigenvalue weighted by Gasteiger charge is -2.14. The summed E-state index contributed by atoms with van der Waals surface area (Å²) in [6, 6.07) is 8.87. The Morgan fingerprint density at radius 1 is 1.26 bits per heavy atom. The van der Waals surface area contributed by atoms with E-state index < -0.39 is 6.04 Å². The zero-order chi connectivity index (χ0) is 16.2. The van der Waals surface area contributed by atoms with Gasteiger partial charge in [0.1, 0.15) is 6.04 Å². The van der Waals surface area contributed by atoms with Gasteiger partial charge >= 0.3 is 0 Å². The fourth-order valence-corrected chi connectivity index (χ4v) is 2.57. The molecule has 120 valence electrons. The molecular formula is C16H19N5O2. The number of aromatic nitrogens is 3. The first-order valence-corrected chi connectivity index (χ1v) is 7.73. The topological polar surface area (TPSA) is 88.9 Å². The minimum Gasteiger partial charge on any atom is -0.354 e. The molecule has 2 aromatic rings. The highest BCUT2D eigenvalue weighted by atomic mass is 16.2. The summed E-state index contributed by atoms with van der Waals surface area (Å²) < 4.78 is 0. The summed E-state index contributed by atoms with van der Waals surface area (Å²) in [6.45, 7) is 2.39. The highest BCUT2D eigenvalue weighted by Crippen LogP contribution is 2.10. The van der Waals surface area contributed by atoms with Crippen molar-refractivity contribution in [3.63, 3.8) is 0 Å².